The van der Waals surface area contributed by atoms with Crippen molar-refractivity contribution in [1.82, 2.24) is 9.29 Å². The Balaban J connectivity index is 1.69. The average Bonchev–Trinajstić information content (AvgIpc) is 3.19. The molecule has 9 nitrogen and oxygen atoms in total. The van der Waals surface area contributed by atoms with Crippen LogP contribution in [-0.2, 0) is 14.8 Å². The van der Waals surface area contributed by atoms with Gasteiger partial charge in [-0.15, -0.1) is 10.2 Å². The van der Waals surface area contributed by atoms with Crippen molar-refractivity contribution in [3.63, 3.8) is 0 Å². The lowest BCUT2D eigenvalue weighted by molar-refractivity contribution is 0.0730. The molecule has 0 radical (unpaired) electrons. The van der Waals surface area contributed by atoms with Crippen LogP contribution in [0.15, 0.2) is 57.6 Å². The van der Waals surface area contributed by atoms with Crippen LogP contribution in [0, 0.1) is 0 Å². The van der Waals surface area contributed by atoms with Crippen LogP contribution in [-0.4, -0.2) is 51.1 Å². The van der Waals surface area contributed by atoms with Crippen molar-refractivity contribution < 1.29 is 17.9 Å². The Morgan fingerprint density at radius 3 is 2.56 bits per heavy atom. The van der Waals surface area contributed by atoms with Gasteiger partial charge in [0, 0.05) is 23.7 Å². The van der Waals surface area contributed by atoms with E-state index in [2.05, 4.69) is 15.2 Å². The molecule has 1 saturated heterocycles. The molecule has 2 N–H and O–H groups in total. The first-order chi connectivity index (χ1) is 15.4. The van der Waals surface area contributed by atoms with Gasteiger partial charge in [0.05, 0.1) is 25.2 Å². The molecule has 1 aliphatic rings. The molecule has 1 aromatic heterocycles. The number of anilines is 1. The molecule has 0 aliphatic carbocycles. The van der Waals surface area contributed by atoms with E-state index in [4.69, 9.17) is 26.8 Å². The first-order valence-electron chi connectivity index (χ1n) is 9.58. The lowest BCUT2D eigenvalue weighted by atomic mass is 10.2. The Morgan fingerprint density at radius 1 is 1.16 bits per heavy atom. The molecule has 12 heteroatoms. The number of hydrogen-bond acceptors (Lipinski definition) is 9. The zero-order valence-electron chi connectivity index (χ0n) is 17.1. The van der Waals surface area contributed by atoms with Crippen molar-refractivity contribution in [1.29, 1.82) is 0 Å². The first kappa shape index (κ1) is 22.6. The molecule has 1 aliphatic heterocycles. The van der Waals surface area contributed by atoms with Gasteiger partial charge in [-0.2, -0.15) is 4.31 Å². The summed E-state index contributed by atoms with van der Waals surface area (Å²) in [7, 11) is -2.21. The Kier molecular flexibility index (Phi) is 6.72. The molecular formula is C20H20ClN5O4S2. The number of ether oxygens (including phenoxy) is 2. The molecule has 0 bridgehead atoms. The summed E-state index contributed by atoms with van der Waals surface area (Å²) in [5, 5.41) is 9.98. The lowest BCUT2D eigenvalue weighted by Crippen LogP contribution is -2.40. The van der Waals surface area contributed by atoms with E-state index in [1.807, 2.05) is 12.1 Å². The topological polar surface area (TPSA) is 119 Å². The normalized spacial score (nSPS) is 15.3. The molecule has 2 aromatic carbocycles. The molecule has 2 heterocycles. The molecule has 0 unspecified atom stereocenters. The minimum atomic E-state index is -3.69. The Hall–Kier alpha value is -2.57. The minimum Gasteiger partial charge on any atom is -0.494 e. The number of morpholine rings is 1. The van der Waals surface area contributed by atoms with Crippen LogP contribution >= 0.6 is 22.9 Å². The number of azo groups is 1. The second kappa shape index (κ2) is 9.51. The smallest absolute Gasteiger partial charge is 0.243 e. The van der Waals surface area contributed by atoms with E-state index >= 15 is 0 Å². The summed E-state index contributed by atoms with van der Waals surface area (Å²) < 4.78 is 38.0. The van der Waals surface area contributed by atoms with E-state index in [-0.39, 0.29) is 10.6 Å². The van der Waals surface area contributed by atoms with Crippen LogP contribution in [0.25, 0.3) is 11.3 Å². The number of methoxy groups -OCH3 is 1. The number of nitrogen functional groups attached to an aromatic ring is 1. The van der Waals surface area contributed by atoms with Gasteiger partial charge >= 0.3 is 0 Å². The lowest BCUT2D eigenvalue weighted by Gasteiger charge is -2.26. The number of aromatic nitrogens is 1. The molecule has 0 atom stereocenters. The number of nitrogens with zero attached hydrogens (tertiary/aromatic N) is 4. The first-order valence-corrected chi connectivity index (χ1v) is 12.2. The van der Waals surface area contributed by atoms with Crippen LogP contribution in [0.2, 0.25) is 5.02 Å². The SMILES string of the molecule is COc1ccc(S(=O)(=O)N2CCOCC2)cc1N=Nc1sc(N)nc1-c1ccc(Cl)cc1. The predicted molar refractivity (Wildman–Crippen MR) is 124 cm³/mol. The highest BCUT2D eigenvalue weighted by molar-refractivity contribution is 7.89. The molecule has 32 heavy (non-hydrogen) atoms. The monoisotopic (exact) mass is 493 g/mol. The van der Waals surface area contributed by atoms with Crippen LogP contribution < -0.4 is 10.5 Å². The third-order valence-electron chi connectivity index (χ3n) is 4.75. The van der Waals surface area contributed by atoms with Gasteiger partial charge in [0.2, 0.25) is 10.0 Å². The van der Waals surface area contributed by atoms with Gasteiger partial charge in [0.1, 0.15) is 17.1 Å². The molecule has 4 rings (SSSR count). The standard InChI is InChI=1S/C20H20ClN5O4S2/c1-29-17-7-6-15(32(27,28)26-8-10-30-11-9-26)12-16(17)24-25-19-18(23-20(22)31-19)13-2-4-14(21)5-3-13/h2-7,12H,8-11H2,1H3,(H2,22,23). The zero-order chi connectivity index (χ0) is 22.7. The van der Waals surface area contributed by atoms with Crippen LogP contribution in [0.3, 0.4) is 0 Å². The number of sulfonamides is 1. The maximum absolute atomic E-state index is 13.0. The van der Waals surface area contributed by atoms with E-state index in [1.165, 1.54) is 34.9 Å². The molecule has 0 spiro atoms. The number of thiazole rings is 1. The summed E-state index contributed by atoms with van der Waals surface area (Å²) in [6, 6.07) is 11.6. The van der Waals surface area contributed by atoms with Gasteiger partial charge in [-0.05, 0) is 30.3 Å². The van der Waals surface area contributed by atoms with Crippen molar-refractivity contribution in [2.45, 2.75) is 4.90 Å². The van der Waals surface area contributed by atoms with Crippen LogP contribution in [0.4, 0.5) is 15.8 Å². The van der Waals surface area contributed by atoms with E-state index in [0.717, 1.165) is 5.56 Å². The molecular weight excluding hydrogens is 474 g/mol. The third kappa shape index (κ3) is 4.76. The summed E-state index contributed by atoms with van der Waals surface area (Å²) in [6.45, 7) is 1.33. The van der Waals surface area contributed by atoms with Gasteiger partial charge < -0.3 is 15.2 Å². The summed E-state index contributed by atoms with van der Waals surface area (Å²) >= 11 is 7.14. The van der Waals surface area contributed by atoms with Gasteiger partial charge in [-0.3, -0.25) is 0 Å². The Bertz CT molecular complexity index is 1240. The van der Waals surface area contributed by atoms with Gasteiger partial charge in [0.15, 0.2) is 10.1 Å². The van der Waals surface area contributed by atoms with Gasteiger partial charge in [0.25, 0.3) is 0 Å². The second-order valence-corrected chi connectivity index (χ2v) is 10.1. The average molecular weight is 494 g/mol. The molecule has 168 valence electrons. The molecule has 3 aromatic rings. The summed E-state index contributed by atoms with van der Waals surface area (Å²) in [4.78, 5) is 4.44. The van der Waals surface area contributed by atoms with Crippen LogP contribution in [0.1, 0.15) is 0 Å². The summed E-state index contributed by atoms with van der Waals surface area (Å²) in [6.07, 6.45) is 0. The highest BCUT2D eigenvalue weighted by Crippen LogP contribution is 2.39. The highest BCUT2D eigenvalue weighted by atomic mass is 35.5. The molecule has 0 saturated carbocycles. The second-order valence-electron chi connectivity index (χ2n) is 6.76. The van der Waals surface area contributed by atoms with Crippen LogP contribution in [0.5, 0.6) is 5.75 Å². The van der Waals surface area contributed by atoms with Crippen molar-refractivity contribution in [3.05, 3.63) is 47.5 Å². The van der Waals surface area contributed by atoms with E-state index in [1.54, 1.807) is 18.2 Å². The summed E-state index contributed by atoms with van der Waals surface area (Å²) in [5.41, 5.74) is 7.51. The Labute approximate surface area is 194 Å². The number of halogens is 1. The minimum absolute atomic E-state index is 0.107. The van der Waals surface area contributed by atoms with E-state index in [0.29, 0.717) is 52.9 Å². The predicted octanol–water partition coefficient (Wildman–Crippen LogP) is 4.49. The van der Waals surface area contributed by atoms with E-state index in [9.17, 15) is 8.42 Å². The third-order valence-corrected chi connectivity index (χ3v) is 7.67. The molecule has 1 fully saturated rings. The fraction of sp³-hybridized carbons (Fsp3) is 0.250. The van der Waals surface area contributed by atoms with Crippen molar-refractivity contribution >= 4 is 48.8 Å². The largest absolute Gasteiger partial charge is 0.494 e. The van der Waals surface area contributed by atoms with Gasteiger partial charge in [-0.1, -0.05) is 35.1 Å². The Morgan fingerprint density at radius 2 is 1.88 bits per heavy atom. The number of rotatable bonds is 6. The summed E-state index contributed by atoms with van der Waals surface area (Å²) in [5.74, 6) is 0.389. The quantitative estimate of drug-likeness (QED) is 0.505. The van der Waals surface area contributed by atoms with E-state index < -0.39 is 10.0 Å². The zero-order valence-corrected chi connectivity index (χ0v) is 19.5. The number of benzene rings is 2. The van der Waals surface area contributed by atoms with Crippen molar-refractivity contribution in [3.8, 4) is 17.0 Å². The number of nitrogens with two attached hydrogens (primary N) is 1. The van der Waals surface area contributed by atoms with Gasteiger partial charge in [-0.25, -0.2) is 13.4 Å². The number of hydrogen-bond donors (Lipinski definition) is 1. The molecule has 0 amide bonds. The maximum Gasteiger partial charge on any atom is 0.243 e. The van der Waals surface area contributed by atoms with Crippen molar-refractivity contribution in [2.24, 2.45) is 10.2 Å². The maximum atomic E-state index is 13.0. The van der Waals surface area contributed by atoms with Crippen molar-refractivity contribution in [2.75, 3.05) is 39.1 Å². The fourth-order valence-corrected chi connectivity index (χ4v) is 5.37. The fourth-order valence-electron chi connectivity index (χ4n) is 3.14. The highest BCUT2D eigenvalue weighted by Gasteiger charge is 2.27.